The highest BCUT2D eigenvalue weighted by Gasteiger charge is 2.14. The van der Waals surface area contributed by atoms with Gasteiger partial charge in [-0.15, -0.1) is 0 Å². The molecule has 0 heterocycles. The highest BCUT2D eigenvalue weighted by molar-refractivity contribution is 5.96. The van der Waals surface area contributed by atoms with Gasteiger partial charge in [-0.1, -0.05) is 17.9 Å². The van der Waals surface area contributed by atoms with E-state index in [4.69, 9.17) is 10.5 Å². The SMILES string of the molecule is COCCN(C)C(=O)c1ccc(C)cc1C#CCN. The van der Waals surface area contributed by atoms with Crippen molar-refractivity contribution >= 4 is 5.91 Å². The van der Waals surface area contributed by atoms with Crippen LogP contribution in [0.25, 0.3) is 0 Å². The maximum absolute atomic E-state index is 12.3. The van der Waals surface area contributed by atoms with Crippen LogP contribution in [-0.2, 0) is 4.74 Å². The quantitative estimate of drug-likeness (QED) is 0.822. The average Bonchev–Trinajstić information content (AvgIpc) is 2.41. The molecule has 1 aromatic rings. The summed E-state index contributed by atoms with van der Waals surface area (Å²) in [5, 5.41) is 0. The lowest BCUT2D eigenvalue weighted by Crippen LogP contribution is -2.30. The van der Waals surface area contributed by atoms with Crippen LogP contribution in [0.3, 0.4) is 0 Å². The van der Waals surface area contributed by atoms with Crippen molar-refractivity contribution in [1.82, 2.24) is 4.90 Å². The molecule has 1 aromatic carbocycles. The molecule has 0 saturated carbocycles. The molecular formula is C15H20N2O2. The lowest BCUT2D eigenvalue weighted by Gasteiger charge is -2.17. The summed E-state index contributed by atoms with van der Waals surface area (Å²) in [6.45, 7) is 3.31. The van der Waals surface area contributed by atoms with Crippen molar-refractivity contribution in [2.75, 3.05) is 33.9 Å². The summed E-state index contributed by atoms with van der Waals surface area (Å²) >= 11 is 0. The van der Waals surface area contributed by atoms with Crippen LogP contribution < -0.4 is 5.73 Å². The Morgan fingerprint density at radius 3 is 2.84 bits per heavy atom. The maximum Gasteiger partial charge on any atom is 0.254 e. The van der Waals surface area contributed by atoms with E-state index in [0.717, 1.165) is 11.1 Å². The molecule has 0 aromatic heterocycles. The molecular weight excluding hydrogens is 240 g/mol. The molecule has 1 amide bonds. The molecule has 4 nitrogen and oxygen atoms in total. The summed E-state index contributed by atoms with van der Waals surface area (Å²) in [7, 11) is 3.36. The van der Waals surface area contributed by atoms with Crippen molar-refractivity contribution in [3.63, 3.8) is 0 Å². The molecule has 0 bridgehead atoms. The van der Waals surface area contributed by atoms with Crippen molar-refractivity contribution in [2.45, 2.75) is 6.92 Å². The first-order valence-corrected chi connectivity index (χ1v) is 6.14. The zero-order valence-corrected chi connectivity index (χ0v) is 11.7. The molecule has 0 spiro atoms. The lowest BCUT2D eigenvalue weighted by molar-refractivity contribution is 0.0744. The number of aryl methyl sites for hydroxylation is 1. The third-order valence-corrected chi connectivity index (χ3v) is 2.71. The Morgan fingerprint density at radius 1 is 1.47 bits per heavy atom. The van der Waals surface area contributed by atoms with E-state index in [1.54, 1.807) is 19.1 Å². The number of hydrogen-bond donors (Lipinski definition) is 1. The zero-order valence-electron chi connectivity index (χ0n) is 11.7. The van der Waals surface area contributed by atoms with Gasteiger partial charge >= 0.3 is 0 Å². The van der Waals surface area contributed by atoms with E-state index in [2.05, 4.69) is 11.8 Å². The van der Waals surface area contributed by atoms with Gasteiger partial charge in [0.1, 0.15) is 0 Å². The van der Waals surface area contributed by atoms with E-state index in [9.17, 15) is 4.79 Å². The zero-order chi connectivity index (χ0) is 14.3. The molecule has 1 rings (SSSR count). The Balaban J connectivity index is 3.01. The number of nitrogens with two attached hydrogens (primary N) is 1. The fourth-order valence-corrected chi connectivity index (χ4v) is 1.63. The number of likely N-dealkylation sites (N-methyl/N-ethyl adjacent to an activating group) is 1. The maximum atomic E-state index is 12.3. The van der Waals surface area contributed by atoms with Crippen molar-refractivity contribution in [1.29, 1.82) is 0 Å². The summed E-state index contributed by atoms with van der Waals surface area (Å²) in [5.74, 6) is 5.69. The number of carbonyl (C=O) groups is 1. The van der Waals surface area contributed by atoms with Crippen molar-refractivity contribution < 1.29 is 9.53 Å². The molecule has 102 valence electrons. The first kappa shape index (κ1) is 15.2. The van der Waals surface area contributed by atoms with Gasteiger partial charge in [0.05, 0.1) is 18.7 Å². The number of benzene rings is 1. The lowest BCUT2D eigenvalue weighted by atomic mass is 10.0. The van der Waals surface area contributed by atoms with Crippen LogP contribution in [0.5, 0.6) is 0 Å². The van der Waals surface area contributed by atoms with Crippen LogP contribution in [0.4, 0.5) is 0 Å². The monoisotopic (exact) mass is 260 g/mol. The largest absolute Gasteiger partial charge is 0.383 e. The van der Waals surface area contributed by atoms with Crippen LogP contribution >= 0.6 is 0 Å². The fourth-order valence-electron chi connectivity index (χ4n) is 1.63. The second-order valence-electron chi connectivity index (χ2n) is 4.27. The molecule has 0 aliphatic rings. The van der Waals surface area contributed by atoms with Crippen molar-refractivity contribution in [2.24, 2.45) is 5.73 Å². The topological polar surface area (TPSA) is 55.6 Å². The number of ether oxygens (including phenoxy) is 1. The van der Waals surface area contributed by atoms with Gasteiger partial charge in [-0.3, -0.25) is 4.79 Å². The predicted octanol–water partition coefficient (Wildman–Crippen LogP) is 1.02. The molecule has 0 aliphatic carbocycles. The van der Waals surface area contributed by atoms with E-state index < -0.39 is 0 Å². The van der Waals surface area contributed by atoms with E-state index in [-0.39, 0.29) is 12.5 Å². The van der Waals surface area contributed by atoms with Gasteiger partial charge in [0.15, 0.2) is 0 Å². The standard InChI is InChI=1S/C15H20N2O2/c1-12-6-7-14(13(11-12)5-4-8-16)15(18)17(2)9-10-19-3/h6-7,11H,8-10,16H2,1-3H3. The van der Waals surface area contributed by atoms with Crippen LogP contribution in [-0.4, -0.2) is 44.7 Å². The number of rotatable bonds is 4. The van der Waals surface area contributed by atoms with E-state index in [0.29, 0.717) is 18.7 Å². The number of hydrogen-bond acceptors (Lipinski definition) is 3. The Kier molecular flexibility index (Phi) is 6.07. The highest BCUT2D eigenvalue weighted by atomic mass is 16.5. The van der Waals surface area contributed by atoms with Crippen LogP contribution in [0.2, 0.25) is 0 Å². The molecule has 2 N–H and O–H groups in total. The number of nitrogens with zero attached hydrogens (tertiary/aromatic N) is 1. The third-order valence-electron chi connectivity index (χ3n) is 2.71. The molecule has 0 saturated heterocycles. The Morgan fingerprint density at radius 2 is 2.21 bits per heavy atom. The second kappa shape index (κ2) is 7.57. The normalized spacial score (nSPS) is 9.68. The van der Waals surface area contributed by atoms with Crippen LogP contribution in [0.15, 0.2) is 18.2 Å². The minimum Gasteiger partial charge on any atom is -0.383 e. The van der Waals surface area contributed by atoms with Gasteiger partial charge in [-0.2, -0.15) is 0 Å². The first-order chi connectivity index (χ1) is 9.10. The van der Waals surface area contributed by atoms with Crippen LogP contribution in [0, 0.1) is 18.8 Å². The van der Waals surface area contributed by atoms with Crippen molar-refractivity contribution in [3.05, 3.63) is 34.9 Å². The van der Waals surface area contributed by atoms with E-state index in [1.807, 2.05) is 25.1 Å². The molecule has 4 heteroatoms. The van der Waals surface area contributed by atoms with Crippen molar-refractivity contribution in [3.8, 4) is 11.8 Å². The molecule has 0 aliphatic heterocycles. The summed E-state index contributed by atoms with van der Waals surface area (Å²) in [6, 6.07) is 5.62. The highest BCUT2D eigenvalue weighted by Crippen LogP contribution is 2.13. The molecule has 0 unspecified atom stereocenters. The summed E-state index contributed by atoms with van der Waals surface area (Å²) < 4.78 is 4.97. The summed E-state index contributed by atoms with van der Waals surface area (Å²) in [4.78, 5) is 13.9. The molecule has 0 radical (unpaired) electrons. The average molecular weight is 260 g/mol. The number of carbonyl (C=O) groups excluding carboxylic acids is 1. The third kappa shape index (κ3) is 4.40. The van der Waals surface area contributed by atoms with Gasteiger partial charge < -0.3 is 15.4 Å². The molecule has 0 fully saturated rings. The van der Waals surface area contributed by atoms with Gasteiger partial charge in [-0.25, -0.2) is 0 Å². The predicted molar refractivity (Wildman–Crippen MR) is 75.9 cm³/mol. The van der Waals surface area contributed by atoms with Gasteiger partial charge in [0.25, 0.3) is 5.91 Å². The minimum atomic E-state index is -0.0571. The Bertz CT molecular complexity index is 501. The summed E-state index contributed by atoms with van der Waals surface area (Å²) in [5.41, 5.74) is 7.77. The number of methoxy groups -OCH3 is 1. The summed E-state index contributed by atoms with van der Waals surface area (Å²) in [6.07, 6.45) is 0. The fraction of sp³-hybridized carbons (Fsp3) is 0.400. The Hall–Kier alpha value is -1.83. The van der Waals surface area contributed by atoms with Gasteiger partial charge in [-0.05, 0) is 24.6 Å². The molecule has 0 atom stereocenters. The van der Waals surface area contributed by atoms with Gasteiger partial charge in [0, 0.05) is 26.3 Å². The smallest absolute Gasteiger partial charge is 0.254 e. The van der Waals surface area contributed by atoms with Gasteiger partial charge in [0.2, 0.25) is 0 Å². The van der Waals surface area contributed by atoms with E-state index >= 15 is 0 Å². The Labute approximate surface area is 114 Å². The minimum absolute atomic E-state index is 0.0571. The number of amides is 1. The van der Waals surface area contributed by atoms with Crippen LogP contribution in [0.1, 0.15) is 21.5 Å². The first-order valence-electron chi connectivity index (χ1n) is 6.14. The van der Waals surface area contributed by atoms with E-state index in [1.165, 1.54) is 0 Å². The molecule has 19 heavy (non-hydrogen) atoms. The second-order valence-corrected chi connectivity index (χ2v) is 4.27.